The molecule has 0 atom stereocenters. The molecule has 5 nitrogen and oxygen atoms in total. The van der Waals surface area contributed by atoms with Crippen LogP contribution in [0.1, 0.15) is 233 Å². The largest absolute Gasteiger partial charge is 0.466 e. The minimum Gasteiger partial charge on any atom is -0.466 e. The molecule has 0 aliphatic carbocycles. The molecule has 0 aliphatic heterocycles. The van der Waals surface area contributed by atoms with Crippen molar-refractivity contribution in [2.45, 2.75) is 239 Å². The molecule has 0 aliphatic rings. The second-order valence-electron chi connectivity index (χ2n) is 14.7. The van der Waals surface area contributed by atoms with E-state index in [4.69, 9.17) is 9.47 Å². The van der Waals surface area contributed by atoms with Crippen LogP contribution in [-0.2, 0) is 19.1 Å². The summed E-state index contributed by atoms with van der Waals surface area (Å²) in [6.07, 6.45) is 37.7. The van der Waals surface area contributed by atoms with Crippen molar-refractivity contribution in [2.24, 2.45) is 0 Å². The van der Waals surface area contributed by atoms with Crippen LogP contribution in [0.15, 0.2) is 0 Å². The SMILES string of the molecule is CCCCCCCCCOC(=O)CCCCCN(CCCC)CCCCCCC(=O)OC(CCCCCCCC)CCCCCCCC. The second-order valence-corrected chi connectivity index (χ2v) is 14.7. The molecule has 0 aromatic heterocycles. The Balaban J connectivity index is 4.11. The van der Waals surface area contributed by atoms with Crippen LogP contribution in [0.4, 0.5) is 0 Å². The van der Waals surface area contributed by atoms with E-state index in [1.807, 2.05) is 0 Å². The van der Waals surface area contributed by atoms with E-state index < -0.39 is 0 Å². The number of hydrogen-bond acceptors (Lipinski definition) is 5. The third kappa shape index (κ3) is 34.8. The number of hydrogen-bond donors (Lipinski definition) is 0. The topological polar surface area (TPSA) is 55.8 Å². The fourth-order valence-electron chi connectivity index (χ4n) is 6.59. The normalized spacial score (nSPS) is 11.5. The number of rotatable bonds is 39. The molecular formula is C43H85NO4. The predicted octanol–water partition coefficient (Wildman–Crippen LogP) is 13.3. The van der Waals surface area contributed by atoms with Gasteiger partial charge in [-0.3, -0.25) is 9.59 Å². The van der Waals surface area contributed by atoms with E-state index in [1.54, 1.807) is 0 Å². The Labute approximate surface area is 300 Å². The van der Waals surface area contributed by atoms with Crippen LogP contribution in [0.2, 0.25) is 0 Å². The van der Waals surface area contributed by atoms with Crippen molar-refractivity contribution in [1.82, 2.24) is 4.90 Å². The summed E-state index contributed by atoms with van der Waals surface area (Å²) in [5.74, 6) is 0.0158. The van der Waals surface area contributed by atoms with Gasteiger partial charge in [-0.2, -0.15) is 0 Å². The molecule has 48 heavy (non-hydrogen) atoms. The second kappa shape index (κ2) is 38.7. The number of nitrogens with zero attached hydrogens (tertiary/aromatic N) is 1. The van der Waals surface area contributed by atoms with Gasteiger partial charge >= 0.3 is 11.9 Å². The van der Waals surface area contributed by atoms with Crippen LogP contribution in [0.25, 0.3) is 0 Å². The van der Waals surface area contributed by atoms with Crippen molar-refractivity contribution in [1.29, 1.82) is 0 Å². The van der Waals surface area contributed by atoms with Gasteiger partial charge in [-0.15, -0.1) is 0 Å². The van der Waals surface area contributed by atoms with E-state index in [0.29, 0.717) is 19.4 Å². The predicted molar refractivity (Wildman–Crippen MR) is 208 cm³/mol. The Bertz CT molecular complexity index is 653. The maximum atomic E-state index is 12.7. The molecule has 286 valence electrons. The summed E-state index contributed by atoms with van der Waals surface area (Å²) >= 11 is 0. The Morgan fingerprint density at radius 3 is 1.31 bits per heavy atom. The van der Waals surface area contributed by atoms with E-state index in [1.165, 1.54) is 148 Å². The number of ether oxygens (including phenoxy) is 2. The average molecular weight is 680 g/mol. The number of esters is 2. The van der Waals surface area contributed by atoms with Crippen LogP contribution < -0.4 is 0 Å². The van der Waals surface area contributed by atoms with E-state index >= 15 is 0 Å². The lowest BCUT2D eigenvalue weighted by Crippen LogP contribution is -2.27. The third-order valence-corrected chi connectivity index (χ3v) is 9.86. The Morgan fingerprint density at radius 2 is 0.792 bits per heavy atom. The van der Waals surface area contributed by atoms with Crippen LogP contribution >= 0.6 is 0 Å². The zero-order chi connectivity index (χ0) is 35.2. The maximum Gasteiger partial charge on any atom is 0.306 e. The van der Waals surface area contributed by atoms with Crippen LogP contribution in [-0.4, -0.2) is 49.2 Å². The van der Waals surface area contributed by atoms with Crippen molar-refractivity contribution in [3.63, 3.8) is 0 Å². The molecule has 0 N–H and O–H groups in total. The maximum absolute atomic E-state index is 12.7. The Morgan fingerprint density at radius 1 is 0.417 bits per heavy atom. The van der Waals surface area contributed by atoms with E-state index in [-0.39, 0.29) is 18.0 Å². The lowest BCUT2D eigenvalue weighted by molar-refractivity contribution is -0.150. The average Bonchev–Trinajstić information content (AvgIpc) is 3.08. The molecule has 0 unspecified atom stereocenters. The van der Waals surface area contributed by atoms with Gasteiger partial charge in [-0.1, -0.05) is 156 Å². The molecule has 0 bridgehead atoms. The first-order chi connectivity index (χ1) is 23.6. The molecule has 0 amide bonds. The minimum absolute atomic E-state index is 0.0150. The van der Waals surface area contributed by atoms with Gasteiger partial charge < -0.3 is 14.4 Å². The van der Waals surface area contributed by atoms with Gasteiger partial charge in [0.25, 0.3) is 0 Å². The van der Waals surface area contributed by atoms with E-state index in [0.717, 1.165) is 64.5 Å². The van der Waals surface area contributed by atoms with Crippen molar-refractivity contribution in [2.75, 3.05) is 26.2 Å². The summed E-state index contributed by atoms with van der Waals surface area (Å²) in [6, 6.07) is 0. The lowest BCUT2D eigenvalue weighted by atomic mass is 10.0. The summed E-state index contributed by atoms with van der Waals surface area (Å²) in [6.45, 7) is 13.1. The fraction of sp³-hybridized carbons (Fsp3) is 0.953. The highest BCUT2D eigenvalue weighted by atomic mass is 16.5. The molecule has 0 saturated heterocycles. The molecular weight excluding hydrogens is 594 g/mol. The molecule has 0 fully saturated rings. The van der Waals surface area contributed by atoms with Gasteiger partial charge in [-0.25, -0.2) is 0 Å². The van der Waals surface area contributed by atoms with Crippen molar-refractivity contribution < 1.29 is 19.1 Å². The highest BCUT2D eigenvalue weighted by molar-refractivity contribution is 5.69. The first-order valence-electron chi connectivity index (χ1n) is 21.6. The monoisotopic (exact) mass is 680 g/mol. The highest BCUT2D eigenvalue weighted by Crippen LogP contribution is 2.18. The molecule has 0 aromatic carbocycles. The van der Waals surface area contributed by atoms with Crippen molar-refractivity contribution in [3.05, 3.63) is 0 Å². The highest BCUT2D eigenvalue weighted by Gasteiger charge is 2.14. The van der Waals surface area contributed by atoms with Crippen LogP contribution in [0, 0.1) is 0 Å². The van der Waals surface area contributed by atoms with Gasteiger partial charge in [0, 0.05) is 12.8 Å². The summed E-state index contributed by atoms with van der Waals surface area (Å²) in [5.41, 5.74) is 0. The molecule has 0 spiro atoms. The van der Waals surface area contributed by atoms with E-state index in [9.17, 15) is 9.59 Å². The Kier molecular flexibility index (Phi) is 37.8. The van der Waals surface area contributed by atoms with Crippen LogP contribution in [0.3, 0.4) is 0 Å². The van der Waals surface area contributed by atoms with E-state index in [2.05, 4.69) is 32.6 Å². The number of carbonyl (C=O) groups excluding carboxylic acids is 2. The van der Waals surface area contributed by atoms with Gasteiger partial charge in [0.2, 0.25) is 0 Å². The molecule has 0 aromatic rings. The van der Waals surface area contributed by atoms with Crippen molar-refractivity contribution >= 4 is 11.9 Å². The molecule has 0 saturated carbocycles. The lowest BCUT2D eigenvalue weighted by Gasteiger charge is -2.22. The number of carbonyl (C=O) groups is 2. The first-order valence-corrected chi connectivity index (χ1v) is 21.6. The van der Waals surface area contributed by atoms with Crippen LogP contribution in [0.5, 0.6) is 0 Å². The summed E-state index contributed by atoms with van der Waals surface area (Å²) < 4.78 is 11.5. The zero-order valence-corrected chi connectivity index (χ0v) is 33.1. The van der Waals surface area contributed by atoms with Gasteiger partial charge in [0.15, 0.2) is 0 Å². The zero-order valence-electron chi connectivity index (χ0n) is 33.1. The smallest absolute Gasteiger partial charge is 0.306 e. The quantitative estimate of drug-likeness (QED) is 0.0478. The van der Waals surface area contributed by atoms with Crippen molar-refractivity contribution in [3.8, 4) is 0 Å². The Hall–Kier alpha value is -1.10. The molecule has 0 radical (unpaired) electrons. The van der Waals surface area contributed by atoms with Gasteiger partial charge in [-0.05, 0) is 83.8 Å². The number of unbranched alkanes of at least 4 members (excludes halogenated alkanes) is 22. The standard InChI is InChI=1S/C43H85NO4/c1-5-9-13-16-19-24-32-40-47-42(45)35-29-25-31-39-44(37-12-8-4)38-30-23-22-28-36-43(46)48-41(33-26-20-17-14-10-6-2)34-27-21-18-15-11-7-3/h41H,5-40H2,1-4H3. The summed E-state index contributed by atoms with van der Waals surface area (Å²) in [5, 5.41) is 0. The van der Waals surface area contributed by atoms with Gasteiger partial charge in [0.1, 0.15) is 6.10 Å². The first kappa shape index (κ1) is 46.9. The molecule has 0 rings (SSSR count). The fourth-order valence-corrected chi connectivity index (χ4v) is 6.59. The minimum atomic E-state index is -0.0150. The molecule has 5 heteroatoms. The molecule has 0 heterocycles. The summed E-state index contributed by atoms with van der Waals surface area (Å²) in [4.78, 5) is 27.4. The third-order valence-electron chi connectivity index (χ3n) is 9.86. The summed E-state index contributed by atoms with van der Waals surface area (Å²) in [7, 11) is 0. The van der Waals surface area contributed by atoms with Gasteiger partial charge in [0.05, 0.1) is 6.61 Å².